The van der Waals surface area contributed by atoms with Gasteiger partial charge in [-0.05, 0) is 19.1 Å². The van der Waals surface area contributed by atoms with E-state index in [1.165, 1.54) is 12.1 Å². The average Bonchev–Trinajstić information content (AvgIpc) is 2.27. The summed E-state index contributed by atoms with van der Waals surface area (Å²) >= 11 is 0. The zero-order chi connectivity index (χ0) is 15.6. The molecule has 0 aliphatic rings. The van der Waals surface area contributed by atoms with Gasteiger partial charge in [0, 0.05) is 0 Å². The van der Waals surface area contributed by atoms with Crippen molar-refractivity contribution >= 4 is 15.7 Å². The molecule has 1 aromatic rings. The maximum absolute atomic E-state index is 12.7. The number of nitrogens with one attached hydrogen (secondary N) is 1. The Balaban J connectivity index is 3.33. The van der Waals surface area contributed by atoms with Crippen molar-refractivity contribution < 1.29 is 26.7 Å². The second kappa shape index (κ2) is 5.42. The highest BCUT2D eigenvalue weighted by Gasteiger charge is 2.34. The minimum Gasteiger partial charge on any atom is -0.510 e. The number of anilines is 1. The monoisotopic (exact) mass is 306 g/mol. The summed E-state index contributed by atoms with van der Waals surface area (Å²) in [6.07, 6.45) is -4.76. The Morgan fingerprint density at radius 1 is 1.35 bits per heavy atom. The molecule has 0 saturated carbocycles. The van der Waals surface area contributed by atoms with E-state index in [2.05, 4.69) is 0 Å². The molecule has 2 N–H and O–H groups in total. The summed E-state index contributed by atoms with van der Waals surface area (Å²) in [5.74, 6) is -0.815. The van der Waals surface area contributed by atoms with Gasteiger partial charge in [-0.3, -0.25) is 4.72 Å². The molecule has 108 valence electrons. The van der Waals surface area contributed by atoms with E-state index in [1.54, 1.807) is 4.72 Å². The van der Waals surface area contributed by atoms with Crippen LogP contribution in [-0.2, 0) is 16.2 Å². The van der Waals surface area contributed by atoms with Gasteiger partial charge in [-0.1, -0.05) is 12.1 Å². The Kier molecular flexibility index (Phi) is 4.29. The minimum absolute atomic E-state index is 0.694. The van der Waals surface area contributed by atoms with Crippen LogP contribution in [0.4, 0.5) is 18.9 Å². The fourth-order valence-electron chi connectivity index (χ4n) is 1.35. The summed E-state index contributed by atoms with van der Waals surface area (Å²) in [4.78, 5) is -1.05. The van der Waals surface area contributed by atoms with Crippen molar-refractivity contribution in [2.24, 2.45) is 0 Å². The molecule has 0 amide bonds. The topological polar surface area (TPSA) is 90.2 Å². The normalized spacial score (nSPS) is 13.3. The van der Waals surface area contributed by atoms with E-state index in [0.29, 0.717) is 6.07 Å². The quantitative estimate of drug-likeness (QED) is 0.663. The first-order chi connectivity index (χ1) is 9.09. The van der Waals surface area contributed by atoms with Crippen LogP contribution in [0.5, 0.6) is 0 Å². The van der Waals surface area contributed by atoms with Crippen LogP contribution >= 0.6 is 0 Å². The molecule has 9 heteroatoms. The lowest BCUT2D eigenvalue weighted by Gasteiger charge is -2.14. The summed E-state index contributed by atoms with van der Waals surface area (Å²) in [6, 6.07) is 5.12. The molecule has 0 fully saturated rings. The van der Waals surface area contributed by atoms with Gasteiger partial charge in [0.15, 0.2) is 0 Å². The van der Waals surface area contributed by atoms with E-state index < -0.39 is 38.1 Å². The fraction of sp³-hybridized carbons (Fsp3) is 0.182. The molecule has 0 spiro atoms. The summed E-state index contributed by atoms with van der Waals surface area (Å²) in [5, 5.41) is 17.7. The van der Waals surface area contributed by atoms with Gasteiger partial charge in [-0.2, -0.15) is 18.4 Å². The second-order valence-electron chi connectivity index (χ2n) is 3.68. The number of para-hydroxylation sites is 1. The molecule has 0 aliphatic carbocycles. The van der Waals surface area contributed by atoms with Gasteiger partial charge in [0.1, 0.15) is 11.8 Å². The van der Waals surface area contributed by atoms with E-state index in [-0.39, 0.29) is 0 Å². The Hall–Kier alpha value is -2.21. The maximum atomic E-state index is 12.7. The zero-order valence-corrected chi connectivity index (χ0v) is 10.9. The molecule has 20 heavy (non-hydrogen) atoms. The van der Waals surface area contributed by atoms with Gasteiger partial charge in [-0.15, -0.1) is 0 Å². The molecular weight excluding hydrogens is 297 g/mol. The van der Waals surface area contributed by atoms with Crippen LogP contribution in [0.25, 0.3) is 0 Å². The number of nitrogens with zero attached hydrogens (tertiary/aromatic N) is 1. The van der Waals surface area contributed by atoms with Crippen LogP contribution in [0.15, 0.2) is 34.9 Å². The van der Waals surface area contributed by atoms with Gasteiger partial charge in [0.25, 0.3) is 10.0 Å². The summed E-state index contributed by atoms with van der Waals surface area (Å²) < 4.78 is 63.2. The number of hydrogen-bond acceptors (Lipinski definition) is 4. The second-order valence-corrected chi connectivity index (χ2v) is 5.29. The van der Waals surface area contributed by atoms with Crippen molar-refractivity contribution in [3.8, 4) is 6.07 Å². The lowest BCUT2D eigenvalue weighted by Crippen LogP contribution is -2.18. The van der Waals surface area contributed by atoms with Crippen LogP contribution in [0.1, 0.15) is 12.5 Å². The first-order valence-electron chi connectivity index (χ1n) is 5.08. The van der Waals surface area contributed by atoms with Crippen molar-refractivity contribution in [3.05, 3.63) is 40.5 Å². The van der Waals surface area contributed by atoms with Crippen LogP contribution < -0.4 is 4.72 Å². The number of alkyl halides is 3. The SMILES string of the molecule is CC(O)=C(C#N)S(=O)(=O)Nc1ccccc1C(F)(F)F. The number of halogens is 3. The van der Waals surface area contributed by atoms with E-state index in [0.717, 1.165) is 19.1 Å². The standard InChI is InChI=1S/C11H9F3N2O3S/c1-7(17)10(6-15)20(18,19)16-9-5-3-2-4-8(9)11(12,13)14/h2-5,16-17H,1H3. The zero-order valence-electron chi connectivity index (χ0n) is 10.1. The van der Waals surface area contributed by atoms with Gasteiger partial charge >= 0.3 is 6.18 Å². The Morgan fingerprint density at radius 2 is 1.90 bits per heavy atom. The van der Waals surface area contributed by atoms with E-state index in [1.807, 2.05) is 0 Å². The molecule has 1 rings (SSSR count). The fourth-order valence-corrected chi connectivity index (χ4v) is 2.43. The number of hydrogen-bond donors (Lipinski definition) is 2. The first kappa shape index (κ1) is 15.8. The number of allylic oxidation sites excluding steroid dienone is 2. The van der Waals surface area contributed by atoms with Gasteiger partial charge in [-0.25, -0.2) is 8.42 Å². The van der Waals surface area contributed by atoms with E-state index >= 15 is 0 Å². The predicted octanol–water partition coefficient (Wildman–Crippen LogP) is 2.76. The van der Waals surface area contributed by atoms with E-state index in [9.17, 15) is 21.6 Å². The van der Waals surface area contributed by atoms with Gasteiger partial charge in [0.05, 0.1) is 11.3 Å². The van der Waals surface area contributed by atoms with Crippen molar-refractivity contribution in [3.63, 3.8) is 0 Å². The predicted molar refractivity (Wildman–Crippen MR) is 64.9 cm³/mol. The van der Waals surface area contributed by atoms with Crippen LogP contribution in [0.2, 0.25) is 0 Å². The average molecular weight is 306 g/mol. The van der Waals surface area contributed by atoms with Crippen LogP contribution in [0, 0.1) is 11.3 Å². The van der Waals surface area contributed by atoms with Crippen molar-refractivity contribution in [1.82, 2.24) is 0 Å². The molecule has 1 aromatic carbocycles. The number of aliphatic hydroxyl groups is 1. The molecule has 0 aromatic heterocycles. The highest BCUT2D eigenvalue weighted by atomic mass is 32.2. The maximum Gasteiger partial charge on any atom is 0.418 e. The molecule has 0 heterocycles. The molecule has 0 radical (unpaired) electrons. The Bertz CT molecular complexity index is 684. The Labute approximate surface area is 113 Å². The van der Waals surface area contributed by atoms with Crippen LogP contribution in [-0.4, -0.2) is 13.5 Å². The molecule has 5 nitrogen and oxygen atoms in total. The highest BCUT2D eigenvalue weighted by Crippen LogP contribution is 2.35. The number of rotatable bonds is 3. The lowest BCUT2D eigenvalue weighted by molar-refractivity contribution is -0.136. The number of benzene rings is 1. The van der Waals surface area contributed by atoms with Gasteiger partial charge < -0.3 is 5.11 Å². The number of sulfonamides is 1. The summed E-state index contributed by atoms with van der Waals surface area (Å²) in [5.41, 5.74) is -1.93. The molecule has 0 bridgehead atoms. The highest BCUT2D eigenvalue weighted by molar-refractivity contribution is 7.96. The van der Waals surface area contributed by atoms with Crippen molar-refractivity contribution in [1.29, 1.82) is 5.26 Å². The van der Waals surface area contributed by atoms with Gasteiger partial charge in [0.2, 0.25) is 4.91 Å². The minimum atomic E-state index is -4.76. The third-order valence-corrected chi connectivity index (χ3v) is 3.59. The molecule has 0 saturated heterocycles. The van der Waals surface area contributed by atoms with Crippen LogP contribution in [0.3, 0.4) is 0 Å². The smallest absolute Gasteiger partial charge is 0.418 e. The van der Waals surface area contributed by atoms with Crippen molar-refractivity contribution in [2.75, 3.05) is 4.72 Å². The third-order valence-electron chi connectivity index (χ3n) is 2.18. The molecule has 0 atom stereocenters. The summed E-state index contributed by atoms with van der Waals surface area (Å²) in [7, 11) is -4.59. The number of nitriles is 1. The van der Waals surface area contributed by atoms with Crippen molar-refractivity contribution in [2.45, 2.75) is 13.1 Å². The number of aliphatic hydroxyl groups excluding tert-OH is 1. The summed E-state index contributed by atoms with van der Waals surface area (Å²) in [6.45, 7) is 0.938. The third kappa shape index (κ3) is 3.42. The lowest BCUT2D eigenvalue weighted by atomic mass is 10.2. The molecule has 0 aliphatic heterocycles. The molecular formula is C11H9F3N2O3S. The molecule has 0 unspecified atom stereocenters. The Morgan fingerprint density at radius 3 is 2.35 bits per heavy atom. The first-order valence-corrected chi connectivity index (χ1v) is 6.57. The largest absolute Gasteiger partial charge is 0.510 e. The van der Waals surface area contributed by atoms with E-state index in [4.69, 9.17) is 10.4 Å².